The van der Waals surface area contributed by atoms with E-state index < -0.39 is 9.84 Å². The molecule has 130 valence electrons. The Morgan fingerprint density at radius 1 is 1.08 bits per heavy atom. The van der Waals surface area contributed by atoms with Gasteiger partial charge in [0.05, 0.1) is 29.5 Å². The van der Waals surface area contributed by atoms with E-state index in [-0.39, 0.29) is 0 Å². The molecule has 0 amide bonds. The van der Waals surface area contributed by atoms with Crippen molar-refractivity contribution in [2.45, 2.75) is 11.4 Å². The van der Waals surface area contributed by atoms with Crippen molar-refractivity contribution in [3.63, 3.8) is 0 Å². The molecule has 1 aromatic carbocycles. The normalized spacial score (nSPS) is 11.7. The van der Waals surface area contributed by atoms with Crippen LogP contribution in [-0.4, -0.2) is 39.4 Å². The van der Waals surface area contributed by atoms with Crippen LogP contribution in [0.5, 0.6) is 0 Å². The standard InChI is InChI=1S/C18H15N5O2S/c1-26(24,25)15-5-2-4-13(8-15)11-23-12-14(9-21-23)17-10-20-16-6-3-7-19-18(16)22-17/h2-10,12H,11H2,1H3. The highest BCUT2D eigenvalue weighted by atomic mass is 32.2. The summed E-state index contributed by atoms with van der Waals surface area (Å²) in [4.78, 5) is 13.4. The highest BCUT2D eigenvalue weighted by Crippen LogP contribution is 2.18. The third-order valence-electron chi connectivity index (χ3n) is 3.92. The summed E-state index contributed by atoms with van der Waals surface area (Å²) in [6.45, 7) is 0.461. The molecule has 7 nitrogen and oxygen atoms in total. The fraction of sp³-hybridized carbons (Fsp3) is 0.111. The number of benzene rings is 1. The molecule has 0 N–H and O–H groups in total. The lowest BCUT2D eigenvalue weighted by Crippen LogP contribution is -2.02. The van der Waals surface area contributed by atoms with Gasteiger partial charge in [-0.2, -0.15) is 5.10 Å². The van der Waals surface area contributed by atoms with E-state index in [1.807, 2.05) is 24.4 Å². The summed E-state index contributed by atoms with van der Waals surface area (Å²) in [7, 11) is -3.23. The number of pyridine rings is 1. The summed E-state index contributed by atoms with van der Waals surface area (Å²) in [5.41, 5.74) is 3.69. The molecule has 3 aromatic heterocycles. The molecule has 0 aliphatic heterocycles. The number of aromatic nitrogens is 5. The Morgan fingerprint density at radius 3 is 2.81 bits per heavy atom. The summed E-state index contributed by atoms with van der Waals surface area (Å²) in [5, 5.41) is 4.34. The van der Waals surface area contributed by atoms with Crippen LogP contribution in [0, 0.1) is 0 Å². The summed E-state index contributed by atoms with van der Waals surface area (Å²) in [6.07, 6.45) is 8.13. The van der Waals surface area contributed by atoms with E-state index in [0.29, 0.717) is 22.8 Å². The van der Waals surface area contributed by atoms with Gasteiger partial charge in [-0.05, 0) is 29.8 Å². The van der Waals surface area contributed by atoms with Crippen LogP contribution in [0.2, 0.25) is 0 Å². The molecular weight excluding hydrogens is 350 g/mol. The Hall–Kier alpha value is -3.13. The van der Waals surface area contributed by atoms with Crippen molar-refractivity contribution in [3.05, 3.63) is 66.7 Å². The molecule has 3 heterocycles. The fourth-order valence-corrected chi connectivity index (χ4v) is 3.32. The third-order valence-corrected chi connectivity index (χ3v) is 5.03. The van der Waals surface area contributed by atoms with Crippen LogP contribution in [0.1, 0.15) is 5.56 Å². The van der Waals surface area contributed by atoms with Gasteiger partial charge >= 0.3 is 0 Å². The van der Waals surface area contributed by atoms with Crippen LogP contribution >= 0.6 is 0 Å². The van der Waals surface area contributed by atoms with Crippen LogP contribution in [0.15, 0.2) is 66.1 Å². The molecule has 0 aliphatic rings. The molecule has 0 bridgehead atoms. The van der Waals surface area contributed by atoms with E-state index in [1.54, 1.807) is 41.5 Å². The lowest BCUT2D eigenvalue weighted by molar-refractivity contribution is 0.601. The molecule has 0 unspecified atom stereocenters. The Kier molecular flexibility index (Phi) is 3.96. The van der Waals surface area contributed by atoms with E-state index >= 15 is 0 Å². The SMILES string of the molecule is CS(=O)(=O)c1cccc(Cn2cc(-c3cnc4cccnc4n3)cn2)c1. The number of hydrogen-bond acceptors (Lipinski definition) is 6. The molecule has 8 heteroatoms. The fourth-order valence-electron chi connectivity index (χ4n) is 2.63. The highest BCUT2D eigenvalue weighted by molar-refractivity contribution is 7.90. The van der Waals surface area contributed by atoms with E-state index in [4.69, 9.17) is 0 Å². The number of nitrogens with zero attached hydrogens (tertiary/aromatic N) is 5. The Bertz CT molecular complexity index is 1200. The van der Waals surface area contributed by atoms with Gasteiger partial charge in [0.15, 0.2) is 15.5 Å². The molecular formula is C18H15N5O2S. The predicted octanol–water partition coefficient (Wildman–Crippen LogP) is 2.34. The zero-order valence-electron chi connectivity index (χ0n) is 13.9. The van der Waals surface area contributed by atoms with Gasteiger partial charge in [-0.25, -0.2) is 18.4 Å². The summed E-state index contributed by atoms with van der Waals surface area (Å²) in [6, 6.07) is 10.5. The van der Waals surface area contributed by atoms with Crippen LogP contribution in [0.4, 0.5) is 0 Å². The van der Waals surface area contributed by atoms with Gasteiger partial charge in [0.1, 0.15) is 5.52 Å². The van der Waals surface area contributed by atoms with Gasteiger partial charge in [-0.15, -0.1) is 0 Å². The maximum atomic E-state index is 11.7. The molecule has 4 rings (SSSR count). The smallest absolute Gasteiger partial charge is 0.178 e. The number of sulfone groups is 1. The quantitative estimate of drug-likeness (QED) is 0.551. The Morgan fingerprint density at radius 2 is 1.96 bits per heavy atom. The van der Waals surface area contributed by atoms with E-state index in [9.17, 15) is 8.42 Å². The van der Waals surface area contributed by atoms with E-state index in [0.717, 1.165) is 16.6 Å². The summed E-state index contributed by atoms with van der Waals surface area (Å²) >= 11 is 0. The average Bonchev–Trinajstić information content (AvgIpc) is 3.09. The zero-order chi connectivity index (χ0) is 18.1. The summed E-state index contributed by atoms with van der Waals surface area (Å²) < 4.78 is 25.1. The van der Waals surface area contributed by atoms with Gasteiger partial charge < -0.3 is 0 Å². The van der Waals surface area contributed by atoms with Crippen molar-refractivity contribution in [3.8, 4) is 11.3 Å². The van der Waals surface area contributed by atoms with Crippen molar-refractivity contribution in [2.75, 3.05) is 6.26 Å². The van der Waals surface area contributed by atoms with Crippen LogP contribution < -0.4 is 0 Å². The average molecular weight is 365 g/mol. The topological polar surface area (TPSA) is 90.6 Å². The molecule has 0 aliphatic carbocycles. The molecule has 0 radical (unpaired) electrons. The Labute approximate surface area is 150 Å². The monoisotopic (exact) mass is 365 g/mol. The first kappa shape index (κ1) is 16.3. The van der Waals surface area contributed by atoms with Crippen LogP contribution in [-0.2, 0) is 16.4 Å². The molecule has 0 saturated carbocycles. The second-order valence-corrected chi connectivity index (χ2v) is 7.96. The van der Waals surface area contributed by atoms with Crippen LogP contribution in [0.3, 0.4) is 0 Å². The van der Waals surface area contributed by atoms with Crippen molar-refractivity contribution < 1.29 is 8.42 Å². The van der Waals surface area contributed by atoms with E-state index in [2.05, 4.69) is 20.1 Å². The molecule has 0 spiro atoms. The van der Waals surface area contributed by atoms with Gasteiger partial charge in [0, 0.05) is 24.2 Å². The van der Waals surface area contributed by atoms with Crippen molar-refractivity contribution in [2.24, 2.45) is 0 Å². The molecule has 0 atom stereocenters. The van der Waals surface area contributed by atoms with E-state index in [1.165, 1.54) is 6.26 Å². The molecule has 0 saturated heterocycles. The first-order chi connectivity index (χ1) is 12.5. The van der Waals surface area contributed by atoms with Gasteiger partial charge in [0.25, 0.3) is 0 Å². The predicted molar refractivity (Wildman–Crippen MR) is 97.2 cm³/mol. The first-order valence-corrected chi connectivity index (χ1v) is 9.78. The third kappa shape index (κ3) is 3.31. The highest BCUT2D eigenvalue weighted by Gasteiger charge is 2.09. The molecule has 26 heavy (non-hydrogen) atoms. The Balaban J connectivity index is 1.62. The number of hydrogen-bond donors (Lipinski definition) is 0. The summed E-state index contributed by atoms with van der Waals surface area (Å²) in [5.74, 6) is 0. The van der Waals surface area contributed by atoms with Crippen molar-refractivity contribution >= 4 is 21.0 Å². The second kappa shape index (κ2) is 6.30. The minimum Gasteiger partial charge on any atom is -0.268 e. The molecule has 0 fully saturated rings. The van der Waals surface area contributed by atoms with Gasteiger partial charge in [0.2, 0.25) is 0 Å². The lowest BCUT2D eigenvalue weighted by Gasteiger charge is -2.04. The van der Waals surface area contributed by atoms with Crippen molar-refractivity contribution in [1.29, 1.82) is 0 Å². The minimum atomic E-state index is -3.23. The zero-order valence-corrected chi connectivity index (χ0v) is 14.8. The van der Waals surface area contributed by atoms with Crippen LogP contribution in [0.25, 0.3) is 22.4 Å². The lowest BCUT2D eigenvalue weighted by atomic mass is 10.2. The first-order valence-electron chi connectivity index (χ1n) is 7.89. The van der Waals surface area contributed by atoms with Gasteiger partial charge in [-0.1, -0.05) is 12.1 Å². The number of rotatable bonds is 4. The maximum absolute atomic E-state index is 11.7. The largest absolute Gasteiger partial charge is 0.268 e. The minimum absolute atomic E-state index is 0.300. The number of fused-ring (bicyclic) bond motifs is 1. The maximum Gasteiger partial charge on any atom is 0.178 e. The molecule has 4 aromatic rings. The van der Waals surface area contributed by atoms with Gasteiger partial charge in [-0.3, -0.25) is 9.67 Å². The van der Waals surface area contributed by atoms with Crippen molar-refractivity contribution in [1.82, 2.24) is 24.7 Å². The second-order valence-electron chi connectivity index (χ2n) is 5.95.